The second kappa shape index (κ2) is 5.99. The molecule has 0 unspecified atom stereocenters. The van der Waals surface area contributed by atoms with E-state index in [2.05, 4.69) is 34.7 Å². The molecule has 0 N–H and O–H groups in total. The van der Waals surface area contributed by atoms with Crippen LogP contribution in [0.15, 0.2) is 16.6 Å². The number of anilines is 1. The van der Waals surface area contributed by atoms with Crippen molar-refractivity contribution in [3.8, 4) is 11.5 Å². The van der Waals surface area contributed by atoms with Crippen LogP contribution in [-0.4, -0.2) is 27.3 Å². The monoisotopic (exact) mass is 287 g/mol. The molecule has 0 aromatic heterocycles. The van der Waals surface area contributed by atoms with E-state index in [0.29, 0.717) is 0 Å². The van der Waals surface area contributed by atoms with E-state index in [-0.39, 0.29) is 0 Å². The van der Waals surface area contributed by atoms with Crippen LogP contribution in [-0.2, 0) is 0 Å². The molecule has 0 heterocycles. The number of methoxy groups -OCH3 is 2. The van der Waals surface area contributed by atoms with Crippen molar-refractivity contribution in [3.05, 3.63) is 16.6 Å². The van der Waals surface area contributed by atoms with Gasteiger partial charge < -0.3 is 14.4 Å². The van der Waals surface area contributed by atoms with Gasteiger partial charge >= 0.3 is 0 Å². The lowest BCUT2D eigenvalue weighted by atomic mass is 10.2. The normalized spacial score (nSPS) is 10.1. The van der Waals surface area contributed by atoms with Crippen molar-refractivity contribution >= 4 is 21.6 Å². The zero-order valence-electron chi connectivity index (χ0n) is 10.2. The number of rotatable bonds is 5. The summed E-state index contributed by atoms with van der Waals surface area (Å²) in [6, 6.07) is 3.93. The van der Waals surface area contributed by atoms with Crippen LogP contribution in [0.5, 0.6) is 11.5 Å². The average molecular weight is 288 g/mol. The van der Waals surface area contributed by atoms with Crippen LogP contribution in [0.4, 0.5) is 5.69 Å². The minimum Gasteiger partial charge on any atom is -0.493 e. The quantitative estimate of drug-likeness (QED) is 0.829. The molecule has 1 aromatic rings. The van der Waals surface area contributed by atoms with E-state index in [1.165, 1.54) is 0 Å². The van der Waals surface area contributed by atoms with Gasteiger partial charge in [-0.1, -0.05) is 0 Å². The van der Waals surface area contributed by atoms with E-state index < -0.39 is 0 Å². The Hall–Kier alpha value is -0.900. The first-order valence-corrected chi connectivity index (χ1v) is 6.13. The molecule has 0 radical (unpaired) electrons. The molecule has 0 atom stereocenters. The van der Waals surface area contributed by atoms with Crippen LogP contribution in [0.3, 0.4) is 0 Å². The predicted molar refractivity (Wildman–Crippen MR) is 70.8 cm³/mol. The van der Waals surface area contributed by atoms with Crippen molar-refractivity contribution in [3.63, 3.8) is 0 Å². The Kier molecular flexibility index (Phi) is 4.93. The lowest BCUT2D eigenvalue weighted by Gasteiger charge is -2.23. The zero-order valence-corrected chi connectivity index (χ0v) is 11.8. The summed E-state index contributed by atoms with van der Waals surface area (Å²) < 4.78 is 11.6. The Morgan fingerprint density at radius 1 is 1.06 bits per heavy atom. The van der Waals surface area contributed by atoms with Gasteiger partial charge in [0.25, 0.3) is 0 Å². The number of nitrogens with zero attached hydrogens (tertiary/aromatic N) is 1. The van der Waals surface area contributed by atoms with Gasteiger partial charge in [-0.05, 0) is 29.8 Å². The van der Waals surface area contributed by atoms with Crippen LogP contribution in [0.2, 0.25) is 0 Å². The summed E-state index contributed by atoms with van der Waals surface area (Å²) in [7, 11) is 3.29. The lowest BCUT2D eigenvalue weighted by Crippen LogP contribution is -2.22. The summed E-state index contributed by atoms with van der Waals surface area (Å²) >= 11 is 3.56. The van der Waals surface area contributed by atoms with Crippen molar-refractivity contribution in [1.82, 2.24) is 0 Å². The summed E-state index contributed by atoms with van der Waals surface area (Å²) in [5, 5.41) is 0. The first-order chi connectivity index (χ1) is 7.67. The van der Waals surface area contributed by atoms with E-state index in [0.717, 1.165) is 34.7 Å². The van der Waals surface area contributed by atoms with E-state index in [9.17, 15) is 0 Å². The SMILES string of the molecule is CCN(CC)c1cc(OC)c(OC)cc1Br. The number of benzene rings is 1. The maximum atomic E-state index is 5.30. The molecular weight excluding hydrogens is 270 g/mol. The van der Waals surface area contributed by atoms with E-state index >= 15 is 0 Å². The van der Waals surface area contributed by atoms with Gasteiger partial charge in [0, 0.05) is 29.7 Å². The molecule has 1 rings (SSSR count). The Labute approximate surface area is 105 Å². The van der Waals surface area contributed by atoms with Gasteiger partial charge in [0.15, 0.2) is 11.5 Å². The van der Waals surface area contributed by atoms with Gasteiger partial charge in [0.2, 0.25) is 0 Å². The third kappa shape index (κ3) is 2.61. The molecule has 0 spiro atoms. The van der Waals surface area contributed by atoms with Crippen molar-refractivity contribution < 1.29 is 9.47 Å². The molecule has 0 aliphatic heterocycles. The first-order valence-electron chi connectivity index (χ1n) is 5.34. The maximum Gasteiger partial charge on any atom is 0.162 e. The van der Waals surface area contributed by atoms with Crippen LogP contribution in [0.25, 0.3) is 0 Å². The van der Waals surface area contributed by atoms with Crippen molar-refractivity contribution in [1.29, 1.82) is 0 Å². The molecule has 4 heteroatoms. The summed E-state index contributed by atoms with van der Waals surface area (Å²) in [5.41, 5.74) is 1.13. The largest absolute Gasteiger partial charge is 0.493 e. The smallest absolute Gasteiger partial charge is 0.162 e. The number of halogens is 1. The molecule has 90 valence electrons. The Bertz CT molecular complexity index is 351. The lowest BCUT2D eigenvalue weighted by molar-refractivity contribution is 0.354. The third-order valence-electron chi connectivity index (χ3n) is 2.56. The van der Waals surface area contributed by atoms with Gasteiger partial charge in [-0.15, -0.1) is 0 Å². The van der Waals surface area contributed by atoms with Crippen molar-refractivity contribution in [2.45, 2.75) is 13.8 Å². The molecule has 1 aromatic carbocycles. The summed E-state index contributed by atoms with van der Waals surface area (Å²) in [4.78, 5) is 2.26. The van der Waals surface area contributed by atoms with E-state index in [4.69, 9.17) is 9.47 Å². The second-order valence-corrected chi connectivity index (χ2v) is 4.19. The van der Waals surface area contributed by atoms with Crippen molar-refractivity contribution in [2.75, 3.05) is 32.2 Å². The molecule has 0 saturated carbocycles. The van der Waals surface area contributed by atoms with Crippen LogP contribution in [0, 0.1) is 0 Å². The minimum absolute atomic E-state index is 0.741. The molecular formula is C12H18BrNO2. The van der Waals surface area contributed by atoms with Gasteiger partial charge in [0.05, 0.1) is 19.9 Å². The number of hydrogen-bond donors (Lipinski definition) is 0. The molecule has 0 aliphatic carbocycles. The summed E-state index contributed by atoms with van der Waals surface area (Å²) in [6.07, 6.45) is 0. The minimum atomic E-state index is 0.741. The summed E-state index contributed by atoms with van der Waals surface area (Å²) in [6.45, 7) is 6.19. The number of ether oxygens (including phenoxy) is 2. The zero-order chi connectivity index (χ0) is 12.1. The van der Waals surface area contributed by atoms with E-state index in [1.54, 1.807) is 14.2 Å². The molecule has 0 aliphatic rings. The summed E-state index contributed by atoms with van der Waals surface area (Å²) in [5.74, 6) is 1.50. The molecule has 0 saturated heterocycles. The van der Waals surface area contributed by atoms with Crippen LogP contribution < -0.4 is 14.4 Å². The third-order valence-corrected chi connectivity index (χ3v) is 3.19. The van der Waals surface area contributed by atoms with Gasteiger partial charge in [0.1, 0.15) is 0 Å². The van der Waals surface area contributed by atoms with Crippen molar-refractivity contribution in [2.24, 2.45) is 0 Å². The predicted octanol–water partition coefficient (Wildman–Crippen LogP) is 3.31. The van der Waals surface area contributed by atoms with Gasteiger partial charge in [-0.2, -0.15) is 0 Å². The molecule has 0 fully saturated rings. The number of hydrogen-bond acceptors (Lipinski definition) is 3. The molecule has 0 bridgehead atoms. The highest BCUT2D eigenvalue weighted by Gasteiger charge is 2.12. The highest BCUT2D eigenvalue weighted by molar-refractivity contribution is 9.10. The highest BCUT2D eigenvalue weighted by Crippen LogP contribution is 2.37. The Morgan fingerprint density at radius 3 is 2.00 bits per heavy atom. The fraction of sp³-hybridized carbons (Fsp3) is 0.500. The van der Waals surface area contributed by atoms with Crippen LogP contribution >= 0.6 is 15.9 Å². The van der Waals surface area contributed by atoms with Gasteiger partial charge in [-0.25, -0.2) is 0 Å². The highest BCUT2D eigenvalue weighted by atomic mass is 79.9. The molecule has 16 heavy (non-hydrogen) atoms. The fourth-order valence-electron chi connectivity index (χ4n) is 1.65. The standard InChI is InChI=1S/C12H18BrNO2/c1-5-14(6-2)10-8-12(16-4)11(15-3)7-9(10)13/h7-8H,5-6H2,1-4H3. The maximum absolute atomic E-state index is 5.30. The van der Waals surface area contributed by atoms with E-state index in [1.807, 2.05) is 12.1 Å². The fourth-order valence-corrected chi connectivity index (χ4v) is 2.22. The van der Waals surface area contributed by atoms with Gasteiger partial charge in [-0.3, -0.25) is 0 Å². The second-order valence-electron chi connectivity index (χ2n) is 3.33. The average Bonchev–Trinajstić information content (AvgIpc) is 2.32. The Balaban J connectivity index is 3.19. The molecule has 3 nitrogen and oxygen atoms in total. The topological polar surface area (TPSA) is 21.7 Å². The Morgan fingerprint density at radius 2 is 1.56 bits per heavy atom. The molecule has 0 amide bonds. The van der Waals surface area contributed by atoms with Crippen LogP contribution in [0.1, 0.15) is 13.8 Å². The first kappa shape index (κ1) is 13.2.